The fourth-order valence-corrected chi connectivity index (χ4v) is 1.70. The summed E-state index contributed by atoms with van der Waals surface area (Å²) >= 11 is 0. The van der Waals surface area contributed by atoms with E-state index in [1.807, 2.05) is 13.8 Å². The molecule has 0 aliphatic heterocycles. The van der Waals surface area contributed by atoms with Gasteiger partial charge in [-0.05, 0) is 25.2 Å². The molecule has 2 amide bonds. The van der Waals surface area contributed by atoms with Crippen molar-refractivity contribution in [2.24, 2.45) is 5.41 Å². The van der Waals surface area contributed by atoms with E-state index in [9.17, 15) is 9.59 Å². The molecule has 0 aromatic carbocycles. The van der Waals surface area contributed by atoms with E-state index in [4.69, 9.17) is 0 Å². The summed E-state index contributed by atoms with van der Waals surface area (Å²) in [6, 6.07) is 0.110. The molecule has 0 bridgehead atoms. The number of nitrogens with one attached hydrogen (secondary N) is 2. The highest BCUT2D eigenvalue weighted by Crippen LogP contribution is 2.23. The standard InChI is InChI=1S/C15H30N2O2/c1-6-8-13(18)17-12(3)9-10-16-14(19)11-15(4,5)7-2/h12H,6-11H2,1-5H3,(H,16,19)(H,17,18). The monoisotopic (exact) mass is 270 g/mol. The van der Waals surface area contributed by atoms with Gasteiger partial charge in [0, 0.05) is 25.4 Å². The molecule has 0 aliphatic carbocycles. The van der Waals surface area contributed by atoms with Crippen LogP contribution >= 0.6 is 0 Å². The maximum absolute atomic E-state index is 11.7. The predicted octanol–water partition coefficient (Wildman–Crippen LogP) is 2.62. The van der Waals surface area contributed by atoms with Crippen LogP contribution in [0.1, 0.15) is 66.7 Å². The molecule has 0 aromatic heterocycles. The van der Waals surface area contributed by atoms with E-state index in [1.54, 1.807) is 0 Å². The number of hydrogen-bond donors (Lipinski definition) is 2. The van der Waals surface area contributed by atoms with Crippen LogP contribution in [0.3, 0.4) is 0 Å². The third kappa shape index (κ3) is 9.51. The first-order valence-corrected chi connectivity index (χ1v) is 7.36. The first-order chi connectivity index (χ1) is 8.80. The predicted molar refractivity (Wildman–Crippen MR) is 78.8 cm³/mol. The van der Waals surface area contributed by atoms with Crippen molar-refractivity contribution >= 4 is 11.8 Å². The van der Waals surface area contributed by atoms with Crippen molar-refractivity contribution in [3.05, 3.63) is 0 Å². The lowest BCUT2D eigenvalue weighted by Crippen LogP contribution is -2.36. The third-order valence-electron chi connectivity index (χ3n) is 3.38. The Morgan fingerprint density at radius 1 is 1.16 bits per heavy atom. The fraction of sp³-hybridized carbons (Fsp3) is 0.867. The van der Waals surface area contributed by atoms with E-state index < -0.39 is 0 Å². The molecular formula is C15H30N2O2. The third-order valence-corrected chi connectivity index (χ3v) is 3.38. The Balaban J connectivity index is 3.78. The largest absolute Gasteiger partial charge is 0.356 e. The Bertz CT molecular complexity index is 288. The molecule has 1 atom stereocenters. The first kappa shape index (κ1) is 17.9. The molecule has 4 nitrogen and oxygen atoms in total. The van der Waals surface area contributed by atoms with Crippen LogP contribution in [-0.2, 0) is 9.59 Å². The molecule has 2 N–H and O–H groups in total. The minimum Gasteiger partial charge on any atom is -0.356 e. The number of rotatable bonds is 9. The topological polar surface area (TPSA) is 58.2 Å². The van der Waals surface area contributed by atoms with Gasteiger partial charge in [-0.15, -0.1) is 0 Å². The highest BCUT2D eigenvalue weighted by molar-refractivity contribution is 5.77. The number of hydrogen-bond acceptors (Lipinski definition) is 2. The van der Waals surface area contributed by atoms with Gasteiger partial charge in [-0.2, -0.15) is 0 Å². The SMILES string of the molecule is CCCC(=O)NC(C)CCNC(=O)CC(C)(C)CC. The van der Waals surface area contributed by atoms with Gasteiger partial charge in [0.1, 0.15) is 0 Å². The maximum atomic E-state index is 11.7. The summed E-state index contributed by atoms with van der Waals surface area (Å²) in [7, 11) is 0. The number of amides is 2. The molecule has 4 heteroatoms. The zero-order valence-corrected chi connectivity index (χ0v) is 13.1. The van der Waals surface area contributed by atoms with Crippen LogP contribution in [0.4, 0.5) is 0 Å². The zero-order chi connectivity index (χ0) is 14.9. The molecule has 112 valence electrons. The lowest BCUT2D eigenvalue weighted by molar-refractivity contribution is -0.123. The van der Waals surface area contributed by atoms with E-state index in [0.717, 1.165) is 19.3 Å². The minimum atomic E-state index is 0.0606. The van der Waals surface area contributed by atoms with Crippen LogP contribution in [0.25, 0.3) is 0 Å². The van der Waals surface area contributed by atoms with Crippen molar-refractivity contribution in [3.63, 3.8) is 0 Å². The average Bonchev–Trinajstić information content (AvgIpc) is 2.28. The molecule has 0 saturated carbocycles. The quantitative estimate of drug-likeness (QED) is 0.676. The summed E-state index contributed by atoms with van der Waals surface area (Å²) < 4.78 is 0. The van der Waals surface area contributed by atoms with Gasteiger partial charge in [0.05, 0.1) is 0 Å². The van der Waals surface area contributed by atoms with Crippen molar-refractivity contribution in [1.29, 1.82) is 0 Å². The Morgan fingerprint density at radius 3 is 2.32 bits per heavy atom. The highest BCUT2D eigenvalue weighted by atomic mass is 16.2. The molecule has 1 unspecified atom stereocenters. The van der Waals surface area contributed by atoms with E-state index in [2.05, 4.69) is 31.4 Å². The van der Waals surface area contributed by atoms with Gasteiger partial charge in [0.2, 0.25) is 11.8 Å². The van der Waals surface area contributed by atoms with E-state index >= 15 is 0 Å². The van der Waals surface area contributed by atoms with Gasteiger partial charge in [0.25, 0.3) is 0 Å². The van der Waals surface area contributed by atoms with Gasteiger partial charge in [-0.1, -0.05) is 34.1 Å². The summed E-state index contributed by atoms with van der Waals surface area (Å²) in [4.78, 5) is 23.1. The number of carbonyl (C=O) groups excluding carboxylic acids is 2. The Labute approximate surface area is 117 Å². The van der Waals surface area contributed by atoms with Gasteiger partial charge in [0.15, 0.2) is 0 Å². The van der Waals surface area contributed by atoms with Crippen molar-refractivity contribution in [1.82, 2.24) is 10.6 Å². The maximum Gasteiger partial charge on any atom is 0.220 e. The summed E-state index contributed by atoms with van der Waals surface area (Å²) in [5.74, 6) is 0.187. The summed E-state index contributed by atoms with van der Waals surface area (Å²) in [5.41, 5.74) is 0.0606. The smallest absolute Gasteiger partial charge is 0.220 e. The van der Waals surface area contributed by atoms with Crippen LogP contribution in [0.15, 0.2) is 0 Å². The van der Waals surface area contributed by atoms with Gasteiger partial charge < -0.3 is 10.6 Å². The van der Waals surface area contributed by atoms with Crippen LogP contribution in [0, 0.1) is 5.41 Å². The Morgan fingerprint density at radius 2 is 1.79 bits per heavy atom. The highest BCUT2D eigenvalue weighted by Gasteiger charge is 2.19. The molecule has 0 saturated heterocycles. The summed E-state index contributed by atoms with van der Waals surface area (Å²) in [6.07, 6.45) is 3.75. The van der Waals surface area contributed by atoms with Crippen LogP contribution in [0.2, 0.25) is 0 Å². The van der Waals surface area contributed by atoms with Gasteiger partial charge >= 0.3 is 0 Å². The van der Waals surface area contributed by atoms with Crippen molar-refractivity contribution in [2.45, 2.75) is 72.8 Å². The molecule has 0 aliphatic rings. The molecule has 0 heterocycles. The Hall–Kier alpha value is -1.06. The second kappa shape index (κ2) is 8.94. The number of carbonyl (C=O) groups is 2. The summed E-state index contributed by atoms with van der Waals surface area (Å²) in [5, 5.41) is 5.84. The van der Waals surface area contributed by atoms with Crippen LogP contribution in [-0.4, -0.2) is 24.4 Å². The lowest BCUT2D eigenvalue weighted by atomic mass is 9.86. The summed E-state index contributed by atoms with van der Waals surface area (Å²) in [6.45, 7) is 10.9. The molecule has 19 heavy (non-hydrogen) atoms. The van der Waals surface area contributed by atoms with Crippen molar-refractivity contribution in [3.8, 4) is 0 Å². The first-order valence-electron chi connectivity index (χ1n) is 7.36. The van der Waals surface area contributed by atoms with E-state index in [0.29, 0.717) is 19.4 Å². The zero-order valence-electron chi connectivity index (χ0n) is 13.1. The average molecular weight is 270 g/mol. The normalized spacial score (nSPS) is 12.9. The fourth-order valence-electron chi connectivity index (χ4n) is 1.70. The van der Waals surface area contributed by atoms with Crippen LogP contribution in [0.5, 0.6) is 0 Å². The van der Waals surface area contributed by atoms with Crippen LogP contribution < -0.4 is 10.6 Å². The van der Waals surface area contributed by atoms with Gasteiger partial charge in [-0.25, -0.2) is 0 Å². The minimum absolute atomic E-state index is 0.0606. The molecule has 0 radical (unpaired) electrons. The lowest BCUT2D eigenvalue weighted by Gasteiger charge is -2.22. The van der Waals surface area contributed by atoms with Crippen molar-refractivity contribution < 1.29 is 9.59 Å². The second-order valence-corrected chi connectivity index (χ2v) is 6.05. The second-order valence-electron chi connectivity index (χ2n) is 6.05. The Kier molecular flexibility index (Phi) is 8.44. The molecular weight excluding hydrogens is 240 g/mol. The molecule has 0 spiro atoms. The van der Waals surface area contributed by atoms with Gasteiger partial charge in [-0.3, -0.25) is 9.59 Å². The molecule has 0 aromatic rings. The van der Waals surface area contributed by atoms with E-state index in [1.165, 1.54) is 0 Å². The molecule has 0 fully saturated rings. The molecule has 0 rings (SSSR count). The van der Waals surface area contributed by atoms with Crippen molar-refractivity contribution in [2.75, 3.05) is 6.54 Å². The van der Waals surface area contributed by atoms with E-state index in [-0.39, 0.29) is 23.3 Å².